The van der Waals surface area contributed by atoms with E-state index >= 15 is 0 Å². The molecule has 0 spiro atoms. The third kappa shape index (κ3) is 4.52. The molecule has 8 nitrogen and oxygen atoms in total. The van der Waals surface area contributed by atoms with Crippen molar-refractivity contribution < 1.29 is 4.74 Å². The van der Waals surface area contributed by atoms with Crippen LogP contribution in [0, 0.1) is 5.92 Å². The number of aromatic nitrogens is 4. The number of nitrogens with zero attached hydrogens (tertiary/aromatic N) is 5. The summed E-state index contributed by atoms with van der Waals surface area (Å²) in [6.45, 7) is 1.92. The Bertz CT molecular complexity index is 915. The number of hydrogen-bond donors (Lipinski definition) is 2. The number of nitrogens with one attached hydrogen (secondary N) is 2. The summed E-state index contributed by atoms with van der Waals surface area (Å²) in [6, 6.07) is 9.75. The molecule has 0 bridgehead atoms. The normalized spacial score (nSPS) is 14.3. The quantitative estimate of drug-likeness (QED) is 0.490. The molecule has 27 heavy (non-hydrogen) atoms. The number of guanidine groups is 1. The van der Waals surface area contributed by atoms with Gasteiger partial charge in [0.2, 0.25) is 5.88 Å². The molecule has 0 atom stereocenters. The maximum atomic E-state index is 5.66. The lowest BCUT2D eigenvalue weighted by molar-refractivity contribution is 0.288. The summed E-state index contributed by atoms with van der Waals surface area (Å²) in [7, 11) is 1.74. The molecule has 8 heteroatoms. The zero-order valence-corrected chi connectivity index (χ0v) is 15.3. The predicted octanol–water partition coefficient (Wildman–Crippen LogP) is 1.78. The first-order valence-electron chi connectivity index (χ1n) is 9.13. The number of ether oxygens (including phenoxy) is 1. The Hall–Kier alpha value is -3.16. The number of fused-ring (bicyclic) bond motifs is 1. The summed E-state index contributed by atoms with van der Waals surface area (Å²) >= 11 is 0. The van der Waals surface area contributed by atoms with E-state index in [9.17, 15) is 0 Å². The van der Waals surface area contributed by atoms with Crippen LogP contribution in [0.25, 0.3) is 5.65 Å². The second-order valence-electron chi connectivity index (χ2n) is 6.58. The summed E-state index contributed by atoms with van der Waals surface area (Å²) in [4.78, 5) is 8.61. The van der Waals surface area contributed by atoms with Gasteiger partial charge in [-0.3, -0.25) is 9.39 Å². The van der Waals surface area contributed by atoms with Crippen molar-refractivity contribution >= 4 is 11.6 Å². The molecule has 0 amide bonds. The molecule has 1 aliphatic carbocycles. The van der Waals surface area contributed by atoms with Gasteiger partial charge in [0.1, 0.15) is 0 Å². The highest BCUT2D eigenvalue weighted by Gasteiger charge is 2.22. The second-order valence-corrected chi connectivity index (χ2v) is 6.58. The van der Waals surface area contributed by atoms with Gasteiger partial charge in [-0.2, -0.15) is 0 Å². The first-order chi connectivity index (χ1) is 13.3. The van der Waals surface area contributed by atoms with E-state index in [4.69, 9.17) is 4.74 Å². The van der Waals surface area contributed by atoms with Gasteiger partial charge in [0.15, 0.2) is 17.4 Å². The molecule has 1 fully saturated rings. The average Bonchev–Trinajstić information content (AvgIpc) is 3.46. The van der Waals surface area contributed by atoms with Crippen LogP contribution in [-0.2, 0) is 13.1 Å². The first kappa shape index (κ1) is 17.3. The molecule has 3 aromatic rings. The van der Waals surface area contributed by atoms with E-state index in [1.807, 2.05) is 47.1 Å². The lowest BCUT2D eigenvalue weighted by Crippen LogP contribution is -2.36. The number of hydrogen-bond acceptors (Lipinski definition) is 5. The number of rotatable bonds is 7. The fourth-order valence-electron chi connectivity index (χ4n) is 2.67. The van der Waals surface area contributed by atoms with Crippen molar-refractivity contribution in [1.29, 1.82) is 0 Å². The van der Waals surface area contributed by atoms with Crippen molar-refractivity contribution in [3.8, 4) is 5.88 Å². The lowest BCUT2D eigenvalue weighted by atomic mass is 10.3. The first-order valence-corrected chi connectivity index (χ1v) is 9.13. The van der Waals surface area contributed by atoms with Crippen molar-refractivity contribution in [3.63, 3.8) is 0 Å². The van der Waals surface area contributed by atoms with Gasteiger partial charge < -0.3 is 15.4 Å². The van der Waals surface area contributed by atoms with Gasteiger partial charge in [-0.05, 0) is 36.5 Å². The fourth-order valence-corrected chi connectivity index (χ4v) is 2.67. The molecule has 3 heterocycles. The molecule has 1 saturated carbocycles. The van der Waals surface area contributed by atoms with E-state index in [1.54, 1.807) is 7.05 Å². The van der Waals surface area contributed by atoms with Crippen LogP contribution in [0.2, 0.25) is 0 Å². The standard InChI is InChI=1S/C19H23N7O/c1-20-19(23-12-17-25-24-16-4-2-3-9-26(16)17)22-11-15-7-8-18(21-10-15)27-13-14-5-6-14/h2-4,7-10,14H,5-6,11-13H2,1H3,(H2,20,22,23). The molecule has 4 rings (SSSR count). The van der Waals surface area contributed by atoms with Crippen LogP contribution in [0.3, 0.4) is 0 Å². The van der Waals surface area contributed by atoms with Gasteiger partial charge in [0, 0.05) is 32.1 Å². The molecule has 3 aromatic heterocycles. The summed E-state index contributed by atoms with van der Waals surface area (Å²) in [5, 5.41) is 14.9. The topological polar surface area (TPSA) is 88.7 Å². The van der Waals surface area contributed by atoms with Crippen molar-refractivity contribution in [1.82, 2.24) is 30.2 Å². The average molecular weight is 365 g/mol. The van der Waals surface area contributed by atoms with Crippen molar-refractivity contribution in [3.05, 3.63) is 54.1 Å². The number of pyridine rings is 2. The van der Waals surface area contributed by atoms with E-state index in [2.05, 4.69) is 30.8 Å². The Morgan fingerprint density at radius 3 is 2.85 bits per heavy atom. The Labute approximate surface area is 157 Å². The van der Waals surface area contributed by atoms with Crippen LogP contribution in [0.15, 0.2) is 47.7 Å². The lowest BCUT2D eigenvalue weighted by Gasteiger charge is -2.11. The summed E-state index contributed by atoms with van der Waals surface area (Å²) in [5.41, 5.74) is 1.89. The molecule has 2 N–H and O–H groups in total. The van der Waals surface area contributed by atoms with Crippen LogP contribution in [0.5, 0.6) is 5.88 Å². The smallest absolute Gasteiger partial charge is 0.213 e. The largest absolute Gasteiger partial charge is 0.477 e. The monoisotopic (exact) mass is 365 g/mol. The maximum absolute atomic E-state index is 5.66. The third-order valence-corrected chi connectivity index (χ3v) is 4.44. The molecule has 0 unspecified atom stereocenters. The van der Waals surface area contributed by atoms with Crippen molar-refractivity contribution in [2.24, 2.45) is 10.9 Å². The Balaban J connectivity index is 1.27. The van der Waals surface area contributed by atoms with Gasteiger partial charge in [-0.15, -0.1) is 10.2 Å². The van der Waals surface area contributed by atoms with Crippen molar-refractivity contribution in [2.45, 2.75) is 25.9 Å². The summed E-state index contributed by atoms with van der Waals surface area (Å²) in [6.07, 6.45) is 6.33. The van der Waals surface area contributed by atoms with Gasteiger partial charge in [-0.1, -0.05) is 12.1 Å². The Morgan fingerprint density at radius 2 is 2.07 bits per heavy atom. The Kier molecular flexibility index (Phi) is 5.13. The molecule has 0 aromatic carbocycles. The summed E-state index contributed by atoms with van der Waals surface area (Å²) < 4.78 is 7.61. The Morgan fingerprint density at radius 1 is 1.19 bits per heavy atom. The van der Waals surface area contributed by atoms with Crippen LogP contribution < -0.4 is 15.4 Å². The van der Waals surface area contributed by atoms with E-state index < -0.39 is 0 Å². The highest BCUT2D eigenvalue weighted by molar-refractivity contribution is 5.79. The van der Waals surface area contributed by atoms with E-state index in [0.717, 1.165) is 29.6 Å². The molecule has 0 radical (unpaired) electrons. The molecular formula is C19H23N7O. The minimum Gasteiger partial charge on any atom is -0.477 e. The minimum atomic E-state index is 0.525. The molecular weight excluding hydrogens is 342 g/mol. The molecule has 1 aliphatic rings. The van der Waals surface area contributed by atoms with Crippen LogP contribution in [0.1, 0.15) is 24.2 Å². The third-order valence-electron chi connectivity index (χ3n) is 4.44. The zero-order valence-electron chi connectivity index (χ0n) is 15.3. The molecule has 0 saturated heterocycles. The SMILES string of the molecule is CN=C(NCc1ccc(OCC2CC2)nc1)NCc1nnc2ccccn12. The predicted molar refractivity (Wildman–Crippen MR) is 102 cm³/mol. The van der Waals surface area contributed by atoms with Crippen LogP contribution in [0.4, 0.5) is 0 Å². The van der Waals surface area contributed by atoms with Crippen LogP contribution in [-0.4, -0.2) is 39.2 Å². The molecule has 0 aliphatic heterocycles. The van der Waals surface area contributed by atoms with Crippen molar-refractivity contribution in [2.75, 3.05) is 13.7 Å². The van der Waals surface area contributed by atoms with E-state index in [0.29, 0.717) is 24.9 Å². The highest BCUT2D eigenvalue weighted by atomic mass is 16.5. The number of aliphatic imine (C=N–C) groups is 1. The van der Waals surface area contributed by atoms with Gasteiger partial charge in [-0.25, -0.2) is 4.98 Å². The van der Waals surface area contributed by atoms with Gasteiger partial charge in [0.25, 0.3) is 0 Å². The maximum Gasteiger partial charge on any atom is 0.213 e. The van der Waals surface area contributed by atoms with Gasteiger partial charge in [0.05, 0.1) is 13.2 Å². The van der Waals surface area contributed by atoms with E-state index in [1.165, 1.54) is 12.8 Å². The van der Waals surface area contributed by atoms with E-state index in [-0.39, 0.29) is 0 Å². The van der Waals surface area contributed by atoms with Crippen LogP contribution >= 0.6 is 0 Å². The summed E-state index contributed by atoms with van der Waals surface area (Å²) in [5.74, 6) is 2.93. The highest BCUT2D eigenvalue weighted by Crippen LogP contribution is 2.29. The van der Waals surface area contributed by atoms with Gasteiger partial charge >= 0.3 is 0 Å². The second kappa shape index (κ2) is 8.03. The molecule has 140 valence electrons. The zero-order chi connectivity index (χ0) is 18.5. The fraction of sp³-hybridized carbons (Fsp3) is 0.368. The minimum absolute atomic E-state index is 0.525.